The van der Waals surface area contributed by atoms with Crippen molar-refractivity contribution >= 4 is 29.4 Å². The number of nitrogens with one attached hydrogen (secondary N) is 4. The molecule has 1 saturated heterocycles. The molecule has 0 spiro atoms. The lowest BCUT2D eigenvalue weighted by molar-refractivity contribution is -0.125. The van der Waals surface area contributed by atoms with E-state index in [1.54, 1.807) is 18.5 Å². The van der Waals surface area contributed by atoms with Crippen molar-refractivity contribution in [2.75, 3.05) is 25.0 Å². The van der Waals surface area contributed by atoms with Gasteiger partial charge in [-0.1, -0.05) is 25.6 Å². The number of thioether (sulfide) groups is 1. The van der Waals surface area contributed by atoms with Gasteiger partial charge in [0.05, 0.1) is 18.3 Å². The zero-order chi connectivity index (χ0) is 23.9. The fourth-order valence-corrected chi connectivity index (χ4v) is 6.36. The van der Waals surface area contributed by atoms with E-state index in [0.29, 0.717) is 24.1 Å². The predicted molar refractivity (Wildman–Crippen MR) is 130 cm³/mol. The highest BCUT2D eigenvalue weighted by molar-refractivity contribution is 8.01. The lowest BCUT2D eigenvalue weighted by Gasteiger charge is -2.38. The van der Waals surface area contributed by atoms with Crippen molar-refractivity contribution in [3.8, 4) is 5.88 Å². The third-order valence-corrected chi connectivity index (χ3v) is 7.93. The maximum absolute atomic E-state index is 14.1. The highest BCUT2D eigenvalue weighted by Crippen LogP contribution is 2.60. The first-order valence-electron chi connectivity index (χ1n) is 11.8. The van der Waals surface area contributed by atoms with Crippen molar-refractivity contribution in [1.29, 1.82) is 0 Å². The zero-order valence-corrected chi connectivity index (χ0v) is 20.4. The van der Waals surface area contributed by atoms with Crippen LogP contribution >= 0.6 is 11.8 Å². The summed E-state index contributed by atoms with van der Waals surface area (Å²) in [7, 11) is 0. The molecule has 5 rings (SSSR count). The Balaban J connectivity index is 1.58. The second kappa shape index (κ2) is 9.07. The molecule has 4 N–H and O–H groups in total. The summed E-state index contributed by atoms with van der Waals surface area (Å²) in [6.07, 6.45) is 5.30. The molecule has 3 atom stereocenters. The number of aromatic nitrogens is 2. The van der Waals surface area contributed by atoms with Gasteiger partial charge in [-0.15, -0.1) is 0 Å². The van der Waals surface area contributed by atoms with Crippen molar-refractivity contribution in [2.24, 2.45) is 5.92 Å². The second-order valence-corrected chi connectivity index (χ2v) is 10.7. The number of amides is 3. The predicted octanol–water partition coefficient (Wildman–Crippen LogP) is 2.87. The SMILES string of the molecule is Cc1cc(OCC(C)C)ncc1C1(C(=O)NC2CCCNC2)Sc2nccc3c2C1NC(=O)N3. The van der Waals surface area contributed by atoms with Gasteiger partial charge in [0, 0.05) is 42.2 Å². The maximum Gasteiger partial charge on any atom is 0.319 e. The van der Waals surface area contributed by atoms with Crippen molar-refractivity contribution in [3.05, 3.63) is 41.2 Å². The number of urea groups is 1. The fourth-order valence-electron chi connectivity index (χ4n) is 4.83. The van der Waals surface area contributed by atoms with Crippen LogP contribution in [0.1, 0.15) is 49.4 Å². The minimum Gasteiger partial charge on any atom is -0.477 e. The van der Waals surface area contributed by atoms with Gasteiger partial charge in [0.2, 0.25) is 11.8 Å². The van der Waals surface area contributed by atoms with Gasteiger partial charge in [0.1, 0.15) is 5.03 Å². The molecule has 34 heavy (non-hydrogen) atoms. The molecular weight excluding hydrogens is 452 g/mol. The van der Waals surface area contributed by atoms with Crippen LogP contribution < -0.4 is 26.0 Å². The molecule has 9 nitrogen and oxygen atoms in total. The summed E-state index contributed by atoms with van der Waals surface area (Å²) in [5.41, 5.74) is 3.14. The monoisotopic (exact) mass is 482 g/mol. The number of carbonyl (C=O) groups excluding carboxylic acids is 2. The number of ether oxygens (including phenoxy) is 1. The summed E-state index contributed by atoms with van der Waals surface area (Å²) >= 11 is 1.38. The van der Waals surface area contributed by atoms with Gasteiger partial charge in [-0.25, -0.2) is 14.8 Å². The molecular formula is C24H30N6O3S. The minimum absolute atomic E-state index is 0.0224. The third-order valence-electron chi connectivity index (χ3n) is 6.45. The number of piperidine rings is 1. The minimum atomic E-state index is -1.14. The number of hydrogen-bond donors (Lipinski definition) is 4. The van der Waals surface area contributed by atoms with Crippen molar-refractivity contribution < 1.29 is 14.3 Å². The lowest BCUT2D eigenvalue weighted by Crippen LogP contribution is -2.56. The average Bonchev–Trinajstić information content (AvgIpc) is 3.14. The number of aryl methyl sites for hydroxylation is 1. The Hall–Kier alpha value is -2.85. The van der Waals surface area contributed by atoms with Crippen LogP contribution in [-0.2, 0) is 9.54 Å². The van der Waals surface area contributed by atoms with Crippen LogP contribution in [0.2, 0.25) is 0 Å². The van der Waals surface area contributed by atoms with Gasteiger partial charge in [0.15, 0.2) is 4.75 Å². The normalized spacial score (nSPS) is 25.4. The molecule has 0 radical (unpaired) electrons. The number of carbonyl (C=O) groups is 2. The molecule has 1 fully saturated rings. The zero-order valence-electron chi connectivity index (χ0n) is 19.6. The number of nitrogens with zero attached hydrogens (tertiary/aromatic N) is 2. The number of hydrogen-bond acceptors (Lipinski definition) is 7. The molecule has 3 aliphatic rings. The van der Waals surface area contributed by atoms with E-state index in [4.69, 9.17) is 4.74 Å². The molecule has 3 amide bonds. The first kappa shape index (κ1) is 22.9. The summed E-state index contributed by atoms with van der Waals surface area (Å²) in [6, 6.07) is 2.75. The molecule has 3 aliphatic heterocycles. The highest BCUT2D eigenvalue weighted by atomic mass is 32.2. The number of anilines is 1. The molecule has 0 aromatic carbocycles. The quantitative estimate of drug-likeness (QED) is 0.500. The smallest absolute Gasteiger partial charge is 0.319 e. The van der Waals surface area contributed by atoms with E-state index in [2.05, 4.69) is 45.1 Å². The van der Waals surface area contributed by atoms with Crippen LogP contribution in [0, 0.1) is 12.8 Å². The van der Waals surface area contributed by atoms with Crippen molar-refractivity contribution in [2.45, 2.75) is 55.5 Å². The van der Waals surface area contributed by atoms with Crippen LogP contribution in [-0.4, -0.2) is 47.6 Å². The molecule has 0 saturated carbocycles. The lowest BCUT2D eigenvalue weighted by atomic mass is 9.83. The van der Waals surface area contributed by atoms with Gasteiger partial charge in [-0.3, -0.25) is 4.79 Å². The molecule has 10 heteroatoms. The van der Waals surface area contributed by atoms with E-state index >= 15 is 0 Å². The van der Waals surface area contributed by atoms with E-state index in [1.807, 2.05) is 13.0 Å². The second-order valence-electron chi connectivity index (χ2n) is 9.51. The van der Waals surface area contributed by atoms with Crippen LogP contribution in [0.15, 0.2) is 29.6 Å². The Bertz CT molecular complexity index is 1120. The molecule has 2 aromatic heterocycles. The maximum atomic E-state index is 14.1. The molecule has 180 valence electrons. The van der Waals surface area contributed by atoms with E-state index < -0.39 is 10.8 Å². The fraction of sp³-hybridized carbons (Fsp3) is 0.500. The Morgan fingerprint density at radius 1 is 1.38 bits per heavy atom. The first-order valence-corrected chi connectivity index (χ1v) is 12.6. The molecule has 0 aliphatic carbocycles. The Labute approximate surface area is 203 Å². The van der Waals surface area contributed by atoms with Crippen LogP contribution in [0.3, 0.4) is 0 Å². The van der Waals surface area contributed by atoms with Crippen molar-refractivity contribution in [3.63, 3.8) is 0 Å². The third kappa shape index (κ3) is 3.98. The summed E-state index contributed by atoms with van der Waals surface area (Å²) in [4.78, 5) is 35.9. The molecule has 2 aromatic rings. The van der Waals surface area contributed by atoms with Gasteiger partial charge >= 0.3 is 6.03 Å². The van der Waals surface area contributed by atoms with Crippen LogP contribution in [0.5, 0.6) is 5.88 Å². The van der Waals surface area contributed by atoms with E-state index in [9.17, 15) is 9.59 Å². The van der Waals surface area contributed by atoms with Gasteiger partial charge in [0.25, 0.3) is 0 Å². The first-order chi connectivity index (χ1) is 16.4. The average molecular weight is 483 g/mol. The van der Waals surface area contributed by atoms with E-state index in [0.717, 1.165) is 47.6 Å². The standard InChI is InChI=1S/C24H30N6O3S/c1-13(2)12-33-18-9-14(3)16(11-27-18)24(22(31)28-15-5-4-7-25-10-15)20-19-17(29-23(32)30-20)6-8-26-21(19)34-24/h6,8-9,11,13,15,20,25H,4-5,7,10,12H2,1-3H3,(H,28,31)(H2,29,30,32). The number of pyridine rings is 2. The van der Waals surface area contributed by atoms with Crippen LogP contribution in [0.25, 0.3) is 0 Å². The number of rotatable bonds is 6. The van der Waals surface area contributed by atoms with Crippen LogP contribution in [0.4, 0.5) is 10.5 Å². The van der Waals surface area contributed by atoms with E-state index in [-0.39, 0.29) is 18.0 Å². The summed E-state index contributed by atoms with van der Waals surface area (Å²) in [5, 5.41) is 13.2. The Morgan fingerprint density at radius 2 is 2.24 bits per heavy atom. The largest absolute Gasteiger partial charge is 0.477 e. The molecule has 0 bridgehead atoms. The molecule has 3 unspecified atom stereocenters. The summed E-state index contributed by atoms with van der Waals surface area (Å²) < 4.78 is 4.68. The highest BCUT2D eigenvalue weighted by Gasteiger charge is 2.58. The van der Waals surface area contributed by atoms with Gasteiger partial charge < -0.3 is 26.0 Å². The Kier molecular flexibility index (Phi) is 6.11. The van der Waals surface area contributed by atoms with E-state index in [1.165, 1.54) is 11.8 Å². The molecule has 5 heterocycles. The summed E-state index contributed by atoms with van der Waals surface area (Å²) in [5.74, 6) is 0.746. The van der Waals surface area contributed by atoms with Crippen molar-refractivity contribution in [1.82, 2.24) is 25.9 Å². The van der Waals surface area contributed by atoms with Gasteiger partial charge in [-0.2, -0.15) is 0 Å². The summed E-state index contributed by atoms with van der Waals surface area (Å²) in [6.45, 7) is 8.35. The Morgan fingerprint density at radius 3 is 2.97 bits per heavy atom. The van der Waals surface area contributed by atoms with Gasteiger partial charge in [-0.05, 0) is 43.9 Å². The topological polar surface area (TPSA) is 117 Å².